The maximum Gasteiger partial charge on any atom is 0.161 e. The molecule has 0 bridgehead atoms. The third-order valence-corrected chi connectivity index (χ3v) is 3.34. The number of methoxy groups -OCH3 is 2. The fourth-order valence-corrected chi connectivity index (χ4v) is 2.27. The van der Waals surface area contributed by atoms with E-state index >= 15 is 0 Å². The van der Waals surface area contributed by atoms with Crippen LogP contribution in [0, 0.1) is 0 Å². The minimum absolute atomic E-state index is 0.107. The second kappa shape index (κ2) is 5.25. The van der Waals surface area contributed by atoms with Gasteiger partial charge in [0.2, 0.25) is 0 Å². The molecule has 0 aliphatic carbocycles. The van der Waals surface area contributed by atoms with Crippen molar-refractivity contribution in [3.8, 4) is 11.5 Å². The molecule has 0 aromatic heterocycles. The Morgan fingerprint density at radius 2 is 1.80 bits per heavy atom. The highest BCUT2D eigenvalue weighted by Crippen LogP contribution is 2.33. The maximum atomic E-state index is 5.33. The lowest BCUT2D eigenvalue weighted by atomic mass is 10.1. The molecule has 1 aliphatic rings. The number of hydrogen-bond donors (Lipinski definition) is 1. The number of nitrogens with one attached hydrogen (secondary N) is 1. The molecule has 0 saturated carbocycles. The Labute approximate surface area is 118 Å². The number of hydrogen-bond acceptors (Lipinski definition) is 4. The van der Waals surface area contributed by atoms with E-state index in [4.69, 9.17) is 9.47 Å². The van der Waals surface area contributed by atoms with Crippen molar-refractivity contribution in [3.63, 3.8) is 0 Å². The van der Waals surface area contributed by atoms with E-state index in [9.17, 15) is 0 Å². The number of fused-ring (bicyclic) bond motifs is 1. The van der Waals surface area contributed by atoms with Crippen LogP contribution in [0.4, 0.5) is 5.69 Å². The summed E-state index contributed by atoms with van der Waals surface area (Å²) in [5.74, 6) is 1.43. The van der Waals surface area contributed by atoms with Crippen molar-refractivity contribution in [2.45, 2.75) is 6.17 Å². The molecule has 2 aromatic carbocycles. The van der Waals surface area contributed by atoms with Crippen LogP contribution >= 0.6 is 0 Å². The topological polar surface area (TPSA) is 42.8 Å². The summed E-state index contributed by atoms with van der Waals surface area (Å²) in [7, 11) is 3.26. The molecule has 0 radical (unpaired) electrons. The molecular formula is C16H16N2O2. The number of nitrogens with zero attached hydrogens (tertiary/aromatic N) is 1. The minimum atomic E-state index is -0.107. The van der Waals surface area contributed by atoms with Crippen LogP contribution < -0.4 is 14.8 Å². The van der Waals surface area contributed by atoms with E-state index < -0.39 is 0 Å². The van der Waals surface area contributed by atoms with Gasteiger partial charge in [0.25, 0.3) is 0 Å². The van der Waals surface area contributed by atoms with E-state index in [2.05, 4.69) is 10.3 Å². The normalized spacial score (nSPS) is 16.2. The van der Waals surface area contributed by atoms with E-state index in [0.29, 0.717) is 5.75 Å². The van der Waals surface area contributed by atoms with E-state index in [1.165, 1.54) is 0 Å². The Morgan fingerprint density at radius 1 is 1.00 bits per heavy atom. The first-order valence-electron chi connectivity index (χ1n) is 6.42. The summed E-state index contributed by atoms with van der Waals surface area (Å²) < 4.78 is 10.6. The average molecular weight is 268 g/mol. The van der Waals surface area contributed by atoms with Crippen LogP contribution in [-0.4, -0.2) is 20.4 Å². The van der Waals surface area contributed by atoms with Gasteiger partial charge in [-0.2, -0.15) is 0 Å². The molecule has 1 N–H and O–H groups in total. The SMILES string of the molecule is COc1ccc(C2N=Cc3ccccc3N2)cc1OC. The van der Waals surface area contributed by atoms with E-state index in [1.54, 1.807) is 14.2 Å². The van der Waals surface area contributed by atoms with Crippen LogP contribution in [0.5, 0.6) is 11.5 Å². The van der Waals surface area contributed by atoms with Gasteiger partial charge in [0.05, 0.1) is 14.2 Å². The molecule has 0 saturated heterocycles. The molecule has 20 heavy (non-hydrogen) atoms. The fraction of sp³-hybridized carbons (Fsp3) is 0.188. The molecule has 1 unspecified atom stereocenters. The lowest BCUT2D eigenvalue weighted by molar-refractivity contribution is 0.354. The van der Waals surface area contributed by atoms with E-state index in [0.717, 1.165) is 22.6 Å². The zero-order valence-electron chi connectivity index (χ0n) is 11.5. The van der Waals surface area contributed by atoms with Gasteiger partial charge in [0.15, 0.2) is 11.5 Å². The quantitative estimate of drug-likeness (QED) is 0.929. The zero-order valence-corrected chi connectivity index (χ0v) is 11.5. The van der Waals surface area contributed by atoms with E-state index in [-0.39, 0.29) is 6.17 Å². The summed E-state index contributed by atoms with van der Waals surface area (Å²) in [5, 5.41) is 3.41. The fourth-order valence-electron chi connectivity index (χ4n) is 2.27. The second-order valence-corrected chi connectivity index (χ2v) is 4.53. The standard InChI is InChI=1S/C16H16N2O2/c1-19-14-8-7-11(9-15(14)20-2)16-17-10-12-5-3-4-6-13(12)18-16/h3-10,16,18H,1-2H3. The molecule has 3 rings (SSSR count). The molecule has 0 fully saturated rings. The molecule has 102 valence electrons. The zero-order chi connectivity index (χ0) is 13.9. The van der Waals surface area contributed by atoms with Crippen molar-refractivity contribution in [2.24, 2.45) is 4.99 Å². The lowest BCUT2D eigenvalue weighted by Gasteiger charge is -2.22. The Bertz CT molecular complexity index is 653. The summed E-state index contributed by atoms with van der Waals surface area (Å²) in [6.45, 7) is 0. The predicted octanol–water partition coefficient (Wildman–Crippen LogP) is 3.25. The summed E-state index contributed by atoms with van der Waals surface area (Å²) in [5.41, 5.74) is 3.22. The van der Waals surface area contributed by atoms with Crippen LogP contribution in [0.2, 0.25) is 0 Å². The molecule has 1 aliphatic heterocycles. The molecule has 2 aromatic rings. The van der Waals surface area contributed by atoms with Gasteiger partial charge in [-0.25, -0.2) is 0 Å². The maximum absolute atomic E-state index is 5.33. The van der Waals surface area contributed by atoms with Crippen molar-refractivity contribution >= 4 is 11.9 Å². The molecule has 4 nitrogen and oxygen atoms in total. The van der Waals surface area contributed by atoms with Gasteiger partial charge in [0, 0.05) is 23.0 Å². The van der Waals surface area contributed by atoms with Gasteiger partial charge in [-0.05, 0) is 18.2 Å². The third kappa shape index (κ3) is 2.20. The highest BCUT2D eigenvalue weighted by Gasteiger charge is 2.16. The largest absolute Gasteiger partial charge is 0.493 e. The number of rotatable bonds is 3. The second-order valence-electron chi connectivity index (χ2n) is 4.53. The van der Waals surface area contributed by atoms with Crippen molar-refractivity contribution in [1.29, 1.82) is 0 Å². The van der Waals surface area contributed by atoms with Gasteiger partial charge < -0.3 is 14.8 Å². The summed E-state index contributed by atoms with van der Waals surface area (Å²) in [6.07, 6.45) is 1.79. The number of ether oxygens (including phenoxy) is 2. The van der Waals surface area contributed by atoms with Crippen molar-refractivity contribution in [3.05, 3.63) is 53.6 Å². The van der Waals surface area contributed by atoms with Crippen molar-refractivity contribution in [2.75, 3.05) is 19.5 Å². The average Bonchev–Trinajstić information content (AvgIpc) is 2.53. The van der Waals surface area contributed by atoms with Gasteiger partial charge in [0.1, 0.15) is 6.17 Å². The highest BCUT2D eigenvalue weighted by molar-refractivity contribution is 5.89. The molecule has 1 atom stereocenters. The molecule has 4 heteroatoms. The molecule has 1 heterocycles. The molecule has 0 spiro atoms. The number of aliphatic imine (C=N–C) groups is 1. The van der Waals surface area contributed by atoms with Crippen LogP contribution in [0.25, 0.3) is 0 Å². The first-order chi connectivity index (χ1) is 9.81. The first kappa shape index (κ1) is 12.5. The van der Waals surface area contributed by atoms with Crippen LogP contribution in [-0.2, 0) is 0 Å². The highest BCUT2D eigenvalue weighted by atomic mass is 16.5. The first-order valence-corrected chi connectivity index (χ1v) is 6.42. The smallest absolute Gasteiger partial charge is 0.161 e. The van der Waals surface area contributed by atoms with Crippen LogP contribution in [0.15, 0.2) is 47.5 Å². The lowest BCUT2D eigenvalue weighted by Crippen LogP contribution is -2.14. The van der Waals surface area contributed by atoms with E-state index in [1.807, 2.05) is 48.7 Å². The minimum Gasteiger partial charge on any atom is -0.493 e. The molecular weight excluding hydrogens is 252 g/mol. The monoisotopic (exact) mass is 268 g/mol. The summed E-state index contributed by atoms with van der Waals surface area (Å²) in [4.78, 5) is 4.54. The van der Waals surface area contributed by atoms with Crippen LogP contribution in [0.3, 0.4) is 0 Å². The van der Waals surface area contributed by atoms with Crippen molar-refractivity contribution in [1.82, 2.24) is 0 Å². The Balaban J connectivity index is 1.92. The molecule has 0 amide bonds. The Kier molecular flexibility index (Phi) is 3.29. The number of benzene rings is 2. The number of anilines is 1. The summed E-state index contributed by atoms with van der Waals surface area (Å²) in [6, 6.07) is 13.9. The van der Waals surface area contributed by atoms with Crippen molar-refractivity contribution < 1.29 is 9.47 Å². The van der Waals surface area contributed by atoms with Gasteiger partial charge in [-0.1, -0.05) is 24.3 Å². The third-order valence-electron chi connectivity index (χ3n) is 3.34. The van der Waals surface area contributed by atoms with Gasteiger partial charge in [-0.3, -0.25) is 4.99 Å². The number of para-hydroxylation sites is 1. The predicted molar refractivity (Wildman–Crippen MR) is 79.9 cm³/mol. The van der Waals surface area contributed by atoms with Crippen LogP contribution in [0.1, 0.15) is 17.3 Å². The van der Waals surface area contributed by atoms with Gasteiger partial charge in [-0.15, -0.1) is 0 Å². The summed E-state index contributed by atoms with van der Waals surface area (Å²) >= 11 is 0. The van der Waals surface area contributed by atoms with Gasteiger partial charge >= 0.3 is 0 Å². The Morgan fingerprint density at radius 3 is 2.60 bits per heavy atom. The Hall–Kier alpha value is -2.49.